The van der Waals surface area contributed by atoms with Crippen molar-refractivity contribution in [2.45, 2.75) is 63.8 Å². The van der Waals surface area contributed by atoms with Gasteiger partial charge in [-0.15, -0.1) is 0 Å². The van der Waals surface area contributed by atoms with Crippen molar-refractivity contribution in [2.75, 3.05) is 26.2 Å². The first-order valence-electron chi connectivity index (χ1n) is 10.0. The van der Waals surface area contributed by atoms with Gasteiger partial charge in [-0.2, -0.15) is 0 Å². The second-order valence-electron chi connectivity index (χ2n) is 7.91. The lowest BCUT2D eigenvalue weighted by Crippen LogP contribution is -2.50. The molecule has 5 heteroatoms. The van der Waals surface area contributed by atoms with Gasteiger partial charge in [-0.25, -0.2) is 0 Å². The maximum atomic E-state index is 12.8. The first-order valence-corrected chi connectivity index (χ1v) is 10.0. The molecule has 2 N–H and O–H groups in total. The van der Waals surface area contributed by atoms with E-state index in [1.807, 2.05) is 30.3 Å². The van der Waals surface area contributed by atoms with Crippen LogP contribution in [0.2, 0.25) is 0 Å². The first-order chi connectivity index (χ1) is 12.5. The first kappa shape index (κ1) is 19.3. The molecule has 0 bridgehead atoms. The molecule has 0 aromatic heterocycles. The molecule has 2 heterocycles. The number of amides is 1. The monoisotopic (exact) mass is 359 g/mol. The summed E-state index contributed by atoms with van der Waals surface area (Å²) in [6.07, 6.45) is 3.99. The van der Waals surface area contributed by atoms with Gasteiger partial charge in [-0.1, -0.05) is 30.3 Å². The Morgan fingerprint density at radius 2 is 1.92 bits per heavy atom. The van der Waals surface area contributed by atoms with E-state index in [-0.39, 0.29) is 24.2 Å². The third kappa shape index (κ3) is 5.06. The Labute approximate surface area is 157 Å². The number of ether oxygens (including phenoxy) is 1. The topological polar surface area (TPSA) is 58.8 Å². The number of hydrogen-bond donors (Lipinski definition) is 1. The zero-order valence-electron chi connectivity index (χ0n) is 16.1. The minimum absolute atomic E-state index is 0.0675. The Kier molecular flexibility index (Phi) is 6.68. The Morgan fingerprint density at radius 1 is 1.23 bits per heavy atom. The fourth-order valence-electron chi connectivity index (χ4n) is 4.37. The predicted molar refractivity (Wildman–Crippen MR) is 104 cm³/mol. The van der Waals surface area contributed by atoms with Gasteiger partial charge < -0.3 is 15.4 Å². The van der Waals surface area contributed by atoms with Crippen molar-refractivity contribution < 1.29 is 9.53 Å². The minimum Gasteiger partial charge on any atom is -0.373 e. The highest BCUT2D eigenvalue weighted by molar-refractivity contribution is 5.76. The van der Waals surface area contributed by atoms with Crippen LogP contribution in [0, 0.1) is 0 Å². The van der Waals surface area contributed by atoms with Gasteiger partial charge in [0.15, 0.2) is 0 Å². The maximum Gasteiger partial charge on any atom is 0.222 e. The molecule has 2 saturated heterocycles. The third-order valence-electron chi connectivity index (χ3n) is 5.56. The van der Waals surface area contributed by atoms with E-state index in [0.29, 0.717) is 18.9 Å². The molecule has 144 valence electrons. The molecular weight excluding hydrogens is 326 g/mol. The highest BCUT2D eigenvalue weighted by Crippen LogP contribution is 2.23. The summed E-state index contributed by atoms with van der Waals surface area (Å²) in [4.78, 5) is 17.4. The van der Waals surface area contributed by atoms with E-state index in [0.717, 1.165) is 44.6 Å². The van der Waals surface area contributed by atoms with Crippen LogP contribution in [0.25, 0.3) is 0 Å². The van der Waals surface area contributed by atoms with Gasteiger partial charge in [-0.3, -0.25) is 9.69 Å². The molecule has 2 aliphatic rings. The molecule has 0 unspecified atom stereocenters. The van der Waals surface area contributed by atoms with Crippen LogP contribution in [0.5, 0.6) is 0 Å². The van der Waals surface area contributed by atoms with E-state index < -0.39 is 0 Å². The average Bonchev–Trinajstić information content (AvgIpc) is 3.07. The van der Waals surface area contributed by atoms with Gasteiger partial charge in [0.05, 0.1) is 12.2 Å². The lowest BCUT2D eigenvalue weighted by molar-refractivity contribution is -0.133. The predicted octanol–water partition coefficient (Wildman–Crippen LogP) is 2.57. The van der Waals surface area contributed by atoms with Crippen LogP contribution in [-0.4, -0.2) is 60.1 Å². The number of nitrogens with zero attached hydrogens (tertiary/aromatic N) is 2. The molecule has 2 aliphatic heterocycles. The van der Waals surface area contributed by atoms with E-state index in [1.54, 1.807) is 0 Å². The second kappa shape index (κ2) is 8.98. The van der Waals surface area contributed by atoms with Crippen LogP contribution in [0.3, 0.4) is 0 Å². The Balaban J connectivity index is 1.50. The summed E-state index contributed by atoms with van der Waals surface area (Å²) in [5.74, 6) is 0.258. The van der Waals surface area contributed by atoms with Gasteiger partial charge in [0, 0.05) is 44.7 Å². The number of nitrogens with two attached hydrogens (primary N) is 1. The minimum atomic E-state index is -0.0675. The van der Waals surface area contributed by atoms with E-state index in [4.69, 9.17) is 10.5 Å². The van der Waals surface area contributed by atoms with Crippen molar-refractivity contribution in [1.29, 1.82) is 0 Å². The number of hydrogen-bond acceptors (Lipinski definition) is 4. The van der Waals surface area contributed by atoms with Crippen LogP contribution in [-0.2, 0) is 9.53 Å². The summed E-state index contributed by atoms with van der Waals surface area (Å²) >= 11 is 0. The van der Waals surface area contributed by atoms with E-state index in [9.17, 15) is 4.79 Å². The van der Waals surface area contributed by atoms with Crippen molar-refractivity contribution in [3.8, 4) is 0 Å². The molecule has 2 fully saturated rings. The van der Waals surface area contributed by atoms with Crippen molar-refractivity contribution in [2.24, 2.45) is 5.73 Å². The summed E-state index contributed by atoms with van der Waals surface area (Å²) in [5.41, 5.74) is 7.37. The molecule has 0 aliphatic carbocycles. The summed E-state index contributed by atoms with van der Waals surface area (Å²) in [7, 11) is 0. The molecule has 1 aromatic carbocycles. The Hall–Kier alpha value is -1.43. The number of benzene rings is 1. The van der Waals surface area contributed by atoms with Crippen molar-refractivity contribution >= 4 is 5.91 Å². The number of likely N-dealkylation sites (tertiary alicyclic amines) is 1. The lowest BCUT2D eigenvalue weighted by Gasteiger charge is -2.38. The standard InChI is InChI=1S/C21H33N3O2/c1-16-13-23(14-17(2)26-16)15-19-9-6-12-24(19)21(25)11-10-20(22)18-7-4-3-5-8-18/h3-5,7-8,16-17,19-20H,6,9-15,22H2,1-2H3/t16-,17+,19-,20-/m0/s1. The van der Waals surface area contributed by atoms with Gasteiger partial charge in [-0.05, 0) is 38.7 Å². The molecule has 26 heavy (non-hydrogen) atoms. The van der Waals surface area contributed by atoms with E-state index >= 15 is 0 Å². The van der Waals surface area contributed by atoms with Gasteiger partial charge in [0.1, 0.15) is 0 Å². The molecule has 4 atom stereocenters. The van der Waals surface area contributed by atoms with Crippen molar-refractivity contribution in [3.05, 3.63) is 35.9 Å². The number of rotatable bonds is 6. The van der Waals surface area contributed by atoms with Gasteiger partial charge >= 0.3 is 0 Å². The number of carbonyl (C=O) groups is 1. The third-order valence-corrected chi connectivity index (χ3v) is 5.56. The SMILES string of the molecule is C[C@@H]1CN(C[C@@H]2CCCN2C(=O)CC[C@H](N)c2ccccc2)C[C@H](C)O1. The number of morpholine rings is 1. The molecule has 5 nitrogen and oxygen atoms in total. The van der Waals surface area contributed by atoms with Crippen LogP contribution < -0.4 is 5.73 Å². The molecule has 0 spiro atoms. The summed E-state index contributed by atoms with van der Waals surface area (Å²) in [6.45, 7) is 8.04. The van der Waals surface area contributed by atoms with Gasteiger partial charge in [0.25, 0.3) is 0 Å². The van der Waals surface area contributed by atoms with Crippen molar-refractivity contribution in [1.82, 2.24) is 9.80 Å². The number of carbonyl (C=O) groups excluding carboxylic acids is 1. The average molecular weight is 360 g/mol. The molecule has 0 saturated carbocycles. The highest BCUT2D eigenvalue weighted by atomic mass is 16.5. The smallest absolute Gasteiger partial charge is 0.222 e. The van der Waals surface area contributed by atoms with Crippen LogP contribution >= 0.6 is 0 Å². The van der Waals surface area contributed by atoms with Crippen LogP contribution in [0.1, 0.15) is 51.1 Å². The molecule has 3 rings (SSSR count). The summed E-state index contributed by atoms with van der Waals surface area (Å²) < 4.78 is 5.83. The molecular formula is C21H33N3O2. The van der Waals surface area contributed by atoms with E-state index in [2.05, 4.69) is 23.6 Å². The Bertz CT molecular complexity index is 570. The zero-order valence-corrected chi connectivity index (χ0v) is 16.1. The second-order valence-corrected chi connectivity index (χ2v) is 7.91. The fraction of sp³-hybridized carbons (Fsp3) is 0.667. The molecule has 1 amide bonds. The fourth-order valence-corrected chi connectivity index (χ4v) is 4.37. The molecule has 0 radical (unpaired) electrons. The summed E-state index contributed by atoms with van der Waals surface area (Å²) in [6, 6.07) is 10.3. The largest absolute Gasteiger partial charge is 0.373 e. The lowest BCUT2D eigenvalue weighted by atomic mass is 10.0. The van der Waals surface area contributed by atoms with Crippen LogP contribution in [0.15, 0.2) is 30.3 Å². The maximum absolute atomic E-state index is 12.8. The highest BCUT2D eigenvalue weighted by Gasteiger charge is 2.32. The van der Waals surface area contributed by atoms with Crippen LogP contribution in [0.4, 0.5) is 0 Å². The van der Waals surface area contributed by atoms with Crippen molar-refractivity contribution in [3.63, 3.8) is 0 Å². The quantitative estimate of drug-likeness (QED) is 0.848. The normalized spacial score (nSPS) is 28.3. The Morgan fingerprint density at radius 3 is 2.62 bits per heavy atom. The molecule has 1 aromatic rings. The zero-order chi connectivity index (χ0) is 18.5. The van der Waals surface area contributed by atoms with Gasteiger partial charge in [0.2, 0.25) is 5.91 Å². The van der Waals surface area contributed by atoms with E-state index in [1.165, 1.54) is 0 Å². The summed E-state index contributed by atoms with van der Waals surface area (Å²) in [5, 5.41) is 0.